The van der Waals surface area contributed by atoms with Gasteiger partial charge < -0.3 is 25.8 Å². The molecular formula is C13H23N3O5. The van der Waals surface area contributed by atoms with Gasteiger partial charge in [0.25, 0.3) is 0 Å². The molecule has 1 rings (SSSR count). The Balaban J connectivity index is 2.31. The number of carboxylic acid groups (broad SMARTS) is 1. The van der Waals surface area contributed by atoms with Gasteiger partial charge in [0.05, 0.1) is 6.61 Å². The SMILES string of the molecule is CCC(C)NC(=O)CCNC(=O)NC1(C(=O)O)CCOC1. The van der Waals surface area contributed by atoms with E-state index in [9.17, 15) is 14.4 Å². The zero-order valence-corrected chi connectivity index (χ0v) is 12.4. The fourth-order valence-electron chi connectivity index (χ4n) is 1.89. The van der Waals surface area contributed by atoms with Crippen LogP contribution in [0.4, 0.5) is 4.79 Å². The third kappa shape index (κ3) is 5.22. The summed E-state index contributed by atoms with van der Waals surface area (Å²) in [5.74, 6) is -1.27. The molecule has 120 valence electrons. The molecule has 0 aromatic heterocycles. The summed E-state index contributed by atoms with van der Waals surface area (Å²) < 4.78 is 5.03. The molecule has 8 heteroatoms. The molecule has 2 atom stereocenters. The monoisotopic (exact) mass is 301 g/mol. The average molecular weight is 301 g/mol. The highest BCUT2D eigenvalue weighted by atomic mass is 16.5. The van der Waals surface area contributed by atoms with E-state index in [0.29, 0.717) is 6.61 Å². The summed E-state index contributed by atoms with van der Waals surface area (Å²) in [5, 5.41) is 16.8. The number of carbonyl (C=O) groups excluding carboxylic acids is 2. The van der Waals surface area contributed by atoms with Crippen LogP contribution in [0, 0.1) is 0 Å². The molecular weight excluding hydrogens is 278 g/mol. The van der Waals surface area contributed by atoms with Gasteiger partial charge in [0, 0.05) is 32.0 Å². The van der Waals surface area contributed by atoms with E-state index in [1.807, 2.05) is 13.8 Å². The number of nitrogens with one attached hydrogen (secondary N) is 3. The van der Waals surface area contributed by atoms with Crippen molar-refractivity contribution in [2.24, 2.45) is 0 Å². The maximum Gasteiger partial charge on any atom is 0.332 e. The minimum Gasteiger partial charge on any atom is -0.479 e. The Bertz CT molecular complexity index is 393. The van der Waals surface area contributed by atoms with E-state index in [1.165, 1.54) is 0 Å². The average Bonchev–Trinajstić information content (AvgIpc) is 2.88. The van der Waals surface area contributed by atoms with Crippen LogP contribution in [0.1, 0.15) is 33.1 Å². The van der Waals surface area contributed by atoms with Gasteiger partial charge in [-0.1, -0.05) is 6.92 Å². The van der Waals surface area contributed by atoms with Gasteiger partial charge in [-0.2, -0.15) is 0 Å². The van der Waals surface area contributed by atoms with E-state index < -0.39 is 17.5 Å². The molecule has 1 heterocycles. The molecule has 0 aliphatic carbocycles. The molecule has 1 aliphatic rings. The van der Waals surface area contributed by atoms with Crippen molar-refractivity contribution < 1.29 is 24.2 Å². The summed E-state index contributed by atoms with van der Waals surface area (Å²) in [6.07, 6.45) is 1.21. The van der Waals surface area contributed by atoms with Crippen LogP contribution in [0.25, 0.3) is 0 Å². The molecule has 0 aromatic rings. The van der Waals surface area contributed by atoms with Crippen molar-refractivity contribution in [3.8, 4) is 0 Å². The normalized spacial score (nSPS) is 22.4. The maximum atomic E-state index is 11.7. The third-order valence-corrected chi connectivity index (χ3v) is 3.44. The minimum atomic E-state index is -1.37. The van der Waals surface area contributed by atoms with Crippen molar-refractivity contribution >= 4 is 17.9 Å². The van der Waals surface area contributed by atoms with E-state index in [0.717, 1.165) is 6.42 Å². The number of hydrogen-bond acceptors (Lipinski definition) is 4. The zero-order chi connectivity index (χ0) is 15.9. The van der Waals surface area contributed by atoms with Crippen LogP contribution in [0.15, 0.2) is 0 Å². The standard InChI is InChI=1S/C13H23N3O5/c1-3-9(2)15-10(17)4-6-14-12(20)16-13(11(18)19)5-7-21-8-13/h9H,3-8H2,1-2H3,(H,15,17)(H,18,19)(H2,14,16,20). The Labute approximate surface area is 123 Å². The van der Waals surface area contributed by atoms with Crippen molar-refractivity contribution in [1.29, 1.82) is 0 Å². The Morgan fingerprint density at radius 1 is 1.38 bits per heavy atom. The van der Waals surface area contributed by atoms with Crippen LogP contribution >= 0.6 is 0 Å². The summed E-state index contributed by atoms with van der Waals surface area (Å²) in [5.41, 5.74) is -1.37. The van der Waals surface area contributed by atoms with Crippen LogP contribution in [0.3, 0.4) is 0 Å². The highest BCUT2D eigenvalue weighted by Gasteiger charge is 2.43. The summed E-state index contributed by atoms with van der Waals surface area (Å²) in [6.45, 7) is 4.25. The predicted molar refractivity (Wildman–Crippen MR) is 74.8 cm³/mol. The molecule has 3 amide bonds. The van der Waals surface area contributed by atoms with E-state index in [-0.39, 0.29) is 37.9 Å². The van der Waals surface area contributed by atoms with Crippen LogP contribution in [0.2, 0.25) is 0 Å². The Morgan fingerprint density at radius 2 is 2.10 bits per heavy atom. The second-order valence-electron chi connectivity index (χ2n) is 5.20. The molecule has 1 saturated heterocycles. The fraction of sp³-hybridized carbons (Fsp3) is 0.769. The van der Waals surface area contributed by atoms with Crippen LogP contribution in [0.5, 0.6) is 0 Å². The fourth-order valence-corrected chi connectivity index (χ4v) is 1.89. The molecule has 0 saturated carbocycles. The Kier molecular flexibility index (Phi) is 6.41. The lowest BCUT2D eigenvalue weighted by Crippen LogP contribution is -2.58. The maximum absolute atomic E-state index is 11.7. The zero-order valence-electron chi connectivity index (χ0n) is 12.4. The summed E-state index contributed by atoms with van der Waals surface area (Å²) >= 11 is 0. The Hall–Kier alpha value is -1.83. The van der Waals surface area contributed by atoms with Crippen molar-refractivity contribution in [3.63, 3.8) is 0 Å². The molecule has 8 nitrogen and oxygen atoms in total. The van der Waals surface area contributed by atoms with Gasteiger partial charge in [-0.3, -0.25) is 4.79 Å². The first-order chi connectivity index (χ1) is 9.89. The first-order valence-electron chi connectivity index (χ1n) is 7.06. The van der Waals surface area contributed by atoms with Crippen molar-refractivity contribution in [1.82, 2.24) is 16.0 Å². The van der Waals surface area contributed by atoms with Gasteiger partial charge in [-0.25, -0.2) is 9.59 Å². The lowest BCUT2D eigenvalue weighted by atomic mass is 9.99. The summed E-state index contributed by atoms with van der Waals surface area (Å²) in [6, 6.07) is -0.517. The molecule has 0 aromatic carbocycles. The van der Waals surface area contributed by atoms with E-state index >= 15 is 0 Å². The van der Waals surface area contributed by atoms with Gasteiger partial charge in [0.15, 0.2) is 5.54 Å². The molecule has 0 radical (unpaired) electrons. The number of hydrogen-bond donors (Lipinski definition) is 4. The van der Waals surface area contributed by atoms with Crippen molar-refractivity contribution in [2.75, 3.05) is 19.8 Å². The molecule has 0 bridgehead atoms. The van der Waals surface area contributed by atoms with Gasteiger partial charge in [-0.15, -0.1) is 0 Å². The molecule has 4 N–H and O–H groups in total. The van der Waals surface area contributed by atoms with Crippen molar-refractivity contribution in [3.05, 3.63) is 0 Å². The number of aliphatic carboxylic acids is 1. The number of amides is 3. The number of carboxylic acids is 1. The van der Waals surface area contributed by atoms with Crippen LogP contribution < -0.4 is 16.0 Å². The predicted octanol–water partition coefficient (Wildman–Crippen LogP) is -0.166. The quantitative estimate of drug-likeness (QED) is 0.521. The minimum absolute atomic E-state index is 0.0513. The molecule has 1 aliphatic heterocycles. The third-order valence-electron chi connectivity index (χ3n) is 3.44. The van der Waals surface area contributed by atoms with Crippen LogP contribution in [-0.4, -0.2) is 54.4 Å². The van der Waals surface area contributed by atoms with Crippen molar-refractivity contribution in [2.45, 2.75) is 44.7 Å². The lowest BCUT2D eigenvalue weighted by molar-refractivity contribution is -0.144. The number of rotatable bonds is 7. The highest BCUT2D eigenvalue weighted by Crippen LogP contribution is 2.18. The number of carbonyl (C=O) groups is 3. The first-order valence-corrected chi connectivity index (χ1v) is 7.06. The molecule has 0 spiro atoms. The van der Waals surface area contributed by atoms with Crippen LogP contribution in [-0.2, 0) is 14.3 Å². The summed E-state index contributed by atoms with van der Waals surface area (Å²) in [7, 11) is 0. The van der Waals surface area contributed by atoms with E-state index in [1.54, 1.807) is 0 Å². The van der Waals surface area contributed by atoms with E-state index in [2.05, 4.69) is 16.0 Å². The Morgan fingerprint density at radius 3 is 2.62 bits per heavy atom. The van der Waals surface area contributed by atoms with Gasteiger partial charge in [0.2, 0.25) is 5.91 Å². The molecule has 21 heavy (non-hydrogen) atoms. The number of ether oxygens (including phenoxy) is 1. The second kappa shape index (κ2) is 7.82. The molecule has 2 unspecified atom stereocenters. The molecule has 1 fully saturated rings. The lowest BCUT2D eigenvalue weighted by Gasteiger charge is -2.23. The highest BCUT2D eigenvalue weighted by molar-refractivity contribution is 5.87. The van der Waals surface area contributed by atoms with Gasteiger partial charge in [-0.05, 0) is 13.3 Å². The van der Waals surface area contributed by atoms with E-state index in [4.69, 9.17) is 9.84 Å². The van der Waals surface area contributed by atoms with Gasteiger partial charge >= 0.3 is 12.0 Å². The van der Waals surface area contributed by atoms with Gasteiger partial charge in [0.1, 0.15) is 0 Å². The summed E-state index contributed by atoms with van der Waals surface area (Å²) in [4.78, 5) is 34.4. The second-order valence-corrected chi connectivity index (χ2v) is 5.20. The topological polar surface area (TPSA) is 117 Å². The number of urea groups is 1. The largest absolute Gasteiger partial charge is 0.479 e. The first kappa shape index (κ1) is 17.2. The smallest absolute Gasteiger partial charge is 0.332 e.